The summed E-state index contributed by atoms with van der Waals surface area (Å²) in [6, 6.07) is 3.69. The Labute approximate surface area is 140 Å². The second-order valence-corrected chi connectivity index (χ2v) is 6.42. The van der Waals surface area contributed by atoms with E-state index < -0.39 is 0 Å². The molecule has 0 saturated carbocycles. The van der Waals surface area contributed by atoms with Crippen molar-refractivity contribution < 1.29 is 9.53 Å². The molecule has 0 saturated heterocycles. The fourth-order valence-electron chi connectivity index (χ4n) is 2.19. The van der Waals surface area contributed by atoms with Gasteiger partial charge in [-0.05, 0) is 54.4 Å². The normalized spacial score (nSPS) is 10.7. The molecule has 112 valence electrons. The van der Waals surface area contributed by atoms with Crippen LogP contribution in [0.1, 0.15) is 34.2 Å². The van der Waals surface area contributed by atoms with Gasteiger partial charge in [0.25, 0.3) is 0 Å². The molecule has 1 aromatic heterocycles. The summed E-state index contributed by atoms with van der Waals surface area (Å²) < 4.78 is 9.61. The van der Waals surface area contributed by atoms with Crippen LogP contribution in [-0.2, 0) is 13.2 Å². The highest BCUT2D eigenvalue weighted by atomic mass is 79.9. The molecule has 4 nitrogen and oxygen atoms in total. The number of aryl methyl sites for hydroxylation is 3. The summed E-state index contributed by atoms with van der Waals surface area (Å²) in [7, 11) is 0. The lowest BCUT2D eigenvalue weighted by Gasteiger charge is -2.13. The molecule has 1 heterocycles. The number of carbonyl (C=O) groups excluding carboxylic acids is 1. The van der Waals surface area contributed by atoms with Crippen molar-refractivity contribution in [1.29, 1.82) is 0 Å². The minimum Gasteiger partial charge on any atom is -0.486 e. The van der Waals surface area contributed by atoms with E-state index in [0.29, 0.717) is 17.9 Å². The second-order valence-electron chi connectivity index (χ2n) is 4.71. The predicted octanol–water partition coefficient (Wildman–Crippen LogP) is 4.44. The standard InChI is InChI=1S/C15H16Br2N2O2/c1-4-19-13(14(17)10(3)18-19)8-21-15-9(2)5-12(16)6-11(15)7-20/h5-7H,4,8H2,1-3H3. The zero-order valence-corrected chi connectivity index (χ0v) is 15.3. The van der Waals surface area contributed by atoms with Gasteiger partial charge in [-0.25, -0.2) is 0 Å². The molecule has 2 aromatic rings. The van der Waals surface area contributed by atoms with E-state index in [0.717, 1.165) is 38.7 Å². The number of hydrogen-bond donors (Lipinski definition) is 0. The second kappa shape index (κ2) is 6.75. The Morgan fingerprint density at radius 3 is 2.67 bits per heavy atom. The number of aromatic nitrogens is 2. The first-order valence-electron chi connectivity index (χ1n) is 6.57. The maximum Gasteiger partial charge on any atom is 0.153 e. The molecule has 0 amide bonds. The van der Waals surface area contributed by atoms with Crippen LogP contribution in [-0.4, -0.2) is 16.1 Å². The molecule has 1 aromatic carbocycles. The molecule has 6 heteroatoms. The predicted molar refractivity (Wildman–Crippen MR) is 88.9 cm³/mol. The zero-order valence-electron chi connectivity index (χ0n) is 12.1. The molecule has 0 radical (unpaired) electrons. The highest BCUT2D eigenvalue weighted by Crippen LogP contribution is 2.29. The molecule has 0 aliphatic rings. The van der Waals surface area contributed by atoms with Crippen LogP contribution < -0.4 is 4.74 Å². The molecular formula is C15H16Br2N2O2. The van der Waals surface area contributed by atoms with Crippen LogP contribution >= 0.6 is 31.9 Å². The lowest BCUT2D eigenvalue weighted by molar-refractivity contribution is 0.111. The van der Waals surface area contributed by atoms with Crippen LogP contribution in [0.2, 0.25) is 0 Å². The van der Waals surface area contributed by atoms with E-state index in [4.69, 9.17) is 4.74 Å². The van der Waals surface area contributed by atoms with Crippen molar-refractivity contribution in [2.24, 2.45) is 0 Å². The van der Waals surface area contributed by atoms with Crippen molar-refractivity contribution in [2.75, 3.05) is 0 Å². The topological polar surface area (TPSA) is 44.1 Å². The molecule has 0 aliphatic carbocycles. The average molecular weight is 416 g/mol. The quantitative estimate of drug-likeness (QED) is 0.678. The van der Waals surface area contributed by atoms with Gasteiger partial charge in [0.1, 0.15) is 12.4 Å². The lowest BCUT2D eigenvalue weighted by atomic mass is 10.1. The monoisotopic (exact) mass is 414 g/mol. The van der Waals surface area contributed by atoms with Crippen molar-refractivity contribution in [3.05, 3.63) is 43.6 Å². The van der Waals surface area contributed by atoms with Crippen molar-refractivity contribution in [2.45, 2.75) is 33.9 Å². The molecule has 0 spiro atoms. The summed E-state index contributed by atoms with van der Waals surface area (Å²) in [6.45, 7) is 7.03. The smallest absolute Gasteiger partial charge is 0.153 e. The Hall–Kier alpha value is -1.14. The largest absolute Gasteiger partial charge is 0.486 e. The Morgan fingerprint density at radius 1 is 1.33 bits per heavy atom. The lowest BCUT2D eigenvalue weighted by Crippen LogP contribution is -2.08. The number of rotatable bonds is 5. The first-order chi connectivity index (χ1) is 9.97. The van der Waals surface area contributed by atoms with Gasteiger partial charge in [0.05, 0.1) is 21.4 Å². The maximum absolute atomic E-state index is 11.2. The van der Waals surface area contributed by atoms with Gasteiger partial charge in [0, 0.05) is 11.0 Å². The number of hydrogen-bond acceptors (Lipinski definition) is 3. The van der Waals surface area contributed by atoms with E-state index in [9.17, 15) is 4.79 Å². The van der Waals surface area contributed by atoms with Crippen LogP contribution in [0.3, 0.4) is 0 Å². The molecule has 2 rings (SSSR count). The van der Waals surface area contributed by atoms with Gasteiger partial charge in [0.2, 0.25) is 0 Å². The van der Waals surface area contributed by atoms with Gasteiger partial charge in [-0.1, -0.05) is 15.9 Å². The molecule has 0 atom stereocenters. The number of ether oxygens (including phenoxy) is 1. The van der Waals surface area contributed by atoms with E-state index in [1.807, 2.05) is 31.5 Å². The fraction of sp³-hybridized carbons (Fsp3) is 0.333. The molecular weight excluding hydrogens is 400 g/mol. The molecule has 0 bridgehead atoms. The van der Waals surface area contributed by atoms with E-state index in [2.05, 4.69) is 37.0 Å². The highest BCUT2D eigenvalue weighted by Gasteiger charge is 2.15. The first-order valence-corrected chi connectivity index (χ1v) is 8.16. The van der Waals surface area contributed by atoms with Crippen molar-refractivity contribution in [3.8, 4) is 5.75 Å². The number of benzene rings is 1. The van der Waals surface area contributed by atoms with Crippen LogP contribution in [0.4, 0.5) is 0 Å². The maximum atomic E-state index is 11.2. The van der Waals surface area contributed by atoms with Gasteiger partial charge in [-0.3, -0.25) is 9.48 Å². The van der Waals surface area contributed by atoms with Crippen LogP contribution in [0.15, 0.2) is 21.1 Å². The van der Waals surface area contributed by atoms with Gasteiger partial charge in [-0.2, -0.15) is 5.10 Å². The van der Waals surface area contributed by atoms with Crippen molar-refractivity contribution in [1.82, 2.24) is 9.78 Å². The Morgan fingerprint density at radius 2 is 2.05 bits per heavy atom. The van der Waals surface area contributed by atoms with Crippen LogP contribution in [0.25, 0.3) is 0 Å². The van der Waals surface area contributed by atoms with Gasteiger partial charge in [-0.15, -0.1) is 0 Å². The SMILES string of the molecule is CCn1nc(C)c(Br)c1COc1c(C)cc(Br)cc1C=O. The van der Waals surface area contributed by atoms with E-state index in [-0.39, 0.29) is 0 Å². The van der Waals surface area contributed by atoms with Crippen molar-refractivity contribution in [3.63, 3.8) is 0 Å². The zero-order chi connectivity index (χ0) is 15.6. The van der Waals surface area contributed by atoms with E-state index in [1.54, 1.807) is 6.07 Å². The number of nitrogens with zero attached hydrogens (tertiary/aromatic N) is 2. The van der Waals surface area contributed by atoms with Crippen LogP contribution in [0, 0.1) is 13.8 Å². The minimum atomic E-state index is 0.360. The summed E-state index contributed by atoms with van der Waals surface area (Å²) in [5, 5.41) is 4.43. The molecule has 0 N–H and O–H groups in total. The minimum absolute atomic E-state index is 0.360. The molecule has 0 aliphatic heterocycles. The third-order valence-electron chi connectivity index (χ3n) is 3.20. The summed E-state index contributed by atoms with van der Waals surface area (Å²) in [6.07, 6.45) is 0.810. The van der Waals surface area contributed by atoms with Crippen molar-refractivity contribution >= 4 is 38.1 Å². The van der Waals surface area contributed by atoms with E-state index in [1.165, 1.54) is 0 Å². The molecule has 0 unspecified atom stereocenters. The van der Waals surface area contributed by atoms with E-state index >= 15 is 0 Å². The van der Waals surface area contributed by atoms with Crippen LogP contribution in [0.5, 0.6) is 5.75 Å². The highest BCUT2D eigenvalue weighted by molar-refractivity contribution is 9.10. The average Bonchev–Trinajstić information content (AvgIpc) is 2.72. The Bertz CT molecular complexity index is 681. The van der Waals surface area contributed by atoms with Gasteiger partial charge >= 0.3 is 0 Å². The summed E-state index contributed by atoms with van der Waals surface area (Å²) >= 11 is 6.93. The summed E-state index contributed by atoms with van der Waals surface area (Å²) in [5.74, 6) is 0.613. The molecule has 21 heavy (non-hydrogen) atoms. The third-order valence-corrected chi connectivity index (χ3v) is 4.69. The number of halogens is 2. The summed E-state index contributed by atoms with van der Waals surface area (Å²) in [4.78, 5) is 11.2. The first kappa shape index (κ1) is 16.2. The summed E-state index contributed by atoms with van der Waals surface area (Å²) in [5.41, 5.74) is 3.35. The van der Waals surface area contributed by atoms with Gasteiger partial charge < -0.3 is 4.74 Å². The van der Waals surface area contributed by atoms with Gasteiger partial charge in [0.15, 0.2) is 6.29 Å². The Kier molecular flexibility index (Phi) is 5.22. The Balaban J connectivity index is 2.31. The fourth-order valence-corrected chi connectivity index (χ4v) is 3.18. The third kappa shape index (κ3) is 3.37. The number of carbonyl (C=O) groups is 1. The molecule has 0 fully saturated rings. The number of aldehydes is 1.